The zero-order valence-electron chi connectivity index (χ0n) is 12.7. The van der Waals surface area contributed by atoms with Crippen molar-refractivity contribution in [3.05, 3.63) is 24.3 Å². The molecule has 5 heteroatoms. The Bertz CT molecular complexity index is 447. The second kappa shape index (κ2) is 8.00. The minimum atomic E-state index is 0.0962. The molecule has 2 unspecified atom stereocenters. The van der Waals surface area contributed by atoms with E-state index in [0.29, 0.717) is 19.3 Å². The van der Waals surface area contributed by atoms with Crippen LogP contribution in [0, 0.1) is 5.92 Å². The lowest BCUT2D eigenvalue weighted by Crippen LogP contribution is -2.40. The summed E-state index contributed by atoms with van der Waals surface area (Å²) in [5.74, 6) is 0.982. The molecule has 21 heavy (non-hydrogen) atoms. The first-order chi connectivity index (χ1) is 10.2. The van der Waals surface area contributed by atoms with Crippen LogP contribution in [0.5, 0.6) is 5.75 Å². The van der Waals surface area contributed by atoms with Crippen molar-refractivity contribution in [3.8, 4) is 5.75 Å². The van der Waals surface area contributed by atoms with Crippen LogP contribution in [0.4, 0.5) is 5.69 Å². The third kappa shape index (κ3) is 5.02. The summed E-state index contributed by atoms with van der Waals surface area (Å²) in [4.78, 5) is 12.2. The number of nitrogens with one attached hydrogen (secondary N) is 2. The first kappa shape index (κ1) is 15.8. The summed E-state index contributed by atoms with van der Waals surface area (Å²) in [6.07, 6.45) is 1.79. The molecule has 5 nitrogen and oxygen atoms in total. The molecule has 1 fully saturated rings. The maximum Gasteiger partial charge on any atom is 0.227 e. The number of methoxy groups -OCH3 is 1. The van der Waals surface area contributed by atoms with Crippen LogP contribution in [-0.2, 0) is 9.53 Å². The maximum atomic E-state index is 12.2. The number of carbonyl (C=O) groups is 1. The molecule has 2 rings (SSSR count). The fourth-order valence-electron chi connectivity index (χ4n) is 2.49. The highest BCUT2D eigenvalue weighted by Crippen LogP contribution is 2.20. The lowest BCUT2D eigenvalue weighted by atomic mass is 9.92. The highest BCUT2D eigenvalue weighted by molar-refractivity contribution is 5.92. The quantitative estimate of drug-likeness (QED) is 0.788. The number of rotatable bonds is 6. The van der Waals surface area contributed by atoms with Crippen molar-refractivity contribution in [1.82, 2.24) is 5.32 Å². The molecule has 0 saturated carbocycles. The van der Waals surface area contributed by atoms with Gasteiger partial charge in [-0.15, -0.1) is 0 Å². The number of anilines is 1. The molecule has 2 N–H and O–H groups in total. The Kier molecular flexibility index (Phi) is 6.02. The molecule has 1 heterocycles. The van der Waals surface area contributed by atoms with Crippen LogP contribution in [0.25, 0.3) is 0 Å². The molecule has 0 radical (unpaired) electrons. The van der Waals surface area contributed by atoms with Crippen LogP contribution in [-0.4, -0.2) is 38.8 Å². The van der Waals surface area contributed by atoms with Crippen LogP contribution in [0.3, 0.4) is 0 Å². The van der Waals surface area contributed by atoms with E-state index in [9.17, 15) is 4.79 Å². The third-order valence-electron chi connectivity index (χ3n) is 3.67. The smallest absolute Gasteiger partial charge is 0.227 e. The second-order valence-corrected chi connectivity index (χ2v) is 5.43. The molecule has 1 aromatic carbocycles. The number of ether oxygens (including phenoxy) is 2. The van der Waals surface area contributed by atoms with Gasteiger partial charge in [0.15, 0.2) is 0 Å². The lowest BCUT2D eigenvalue weighted by Gasteiger charge is -2.27. The molecular formula is C16H24N2O3. The van der Waals surface area contributed by atoms with Crippen molar-refractivity contribution >= 4 is 11.6 Å². The van der Waals surface area contributed by atoms with Crippen molar-refractivity contribution in [1.29, 1.82) is 0 Å². The number of benzene rings is 1. The van der Waals surface area contributed by atoms with E-state index < -0.39 is 0 Å². The van der Waals surface area contributed by atoms with Gasteiger partial charge in [0.2, 0.25) is 5.91 Å². The Morgan fingerprint density at radius 2 is 2.10 bits per heavy atom. The molecular weight excluding hydrogens is 268 g/mol. The predicted molar refractivity (Wildman–Crippen MR) is 82.6 cm³/mol. The summed E-state index contributed by atoms with van der Waals surface area (Å²) < 4.78 is 10.4. The first-order valence-electron chi connectivity index (χ1n) is 7.45. The van der Waals surface area contributed by atoms with Crippen LogP contribution >= 0.6 is 0 Å². The van der Waals surface area contributed by atoms with E-state index in [-0.39, 0.29) is 11.8 Å². The van der Waals surface area contributed by atoms with Gasteiger partial charge in [-0.05, 0) is 50.6 Å². The number of hydrogen-bond acceptors (Lipinski definition) is 4. The summed E-state index contributed by atoms with van der Waals surface area (Å²) in [5, 5.41) is 6.34. The molecule has 1 amide bonds. The highest BCUT2D eigenvalue weighted by atomic mass is 16.5. The fourth-order valence-corrected chi connectivity index (χ4v) is 2.49. The SMILES string of the molecule is COCCOc1ccc(NC(=O)C2CCNC(C)C2)cc1. The number of hydrogen-bond donors (Lipinski definition) is 2. The molecule has 0 bridgehead atoms. The van der Waals surface area contributed by atoms with Gasteiger partial charge in [0.05, 0.1) is 6.61 Å². The molecule has 116 valence electrons. The summed E-state index contributed by atoms with van der Waals surface area (Å²) in [7, 11) is 1.64. The minimum absolute atomic E-state index is 0.0962. The molecule has 0 spiro atoms. The monoisotopic (exact) mass is 292 g/mol. The van der Waals surface area contributed by atoms with Crippen molar-refractivity contribution in [2.75, 3.05) is 32.2 Å². The third-order valence-corrected chi connectivity index (χ3v) is 3.67. The van der Waals surface area contributed by atoms with Gasteiger partial charge in [0, 0.05) is 24.8 Å². The maximum absolute atomic E-state index is 12.2. The summed E-state index contributed by atoms with van der Waals surface area (Å²) in [5.41, 5.74) is 0.810. The normalized spacial score (nSPS) is 21.8. The first-order valence-corrected chi connectivity index (χ1v) is 7.45. The van der Waals surface area contributed by atoms with E-state index in [4.69, 9.17) is 9.47 Å². The summed E-state index contributed by atoms with van der Waals surface area (Å²) in [6.45, 7) is 4.11. The Morgan fingerprint density at radius 1 is 1.33 bits per heavy atom. The van der Waals surface area contributed by atoms with Gasteiger partial charge >= 0.3 is 0 Å². The number of amides is 1. The van der Waals surface area contributed by atoms with Gasteiger partial charge in [-0.25, -0.2) is 0 Å². The Hall–Kier alpha value is -1.59. The largest absolute Gasteiger partial charge is 0.491 e. The topological polar surface area (TPSA) is 59.6 Å². The van der Waals surface area contributed by atoms with E-state index in [1.54, 1.807) is 7.11 Å². The number of carbonyl (C=O) groups excluding carboxylic acids is 1. The Labute approximate surface area is 126 Å². The zero-order valence-corrected chi connectivity index (χ0v) is 12.7. The average Bonchev–Trinajstić information content (AvgIpc) is 2.49. The Balaban J connectivity index is 1.83. The van der Waals surface area contributed by atoms with Crippen LogP contribution < -0.4 is 15.4 Å². The van der Waals surface area contributed by atoms with Crippen molar-refractivity contribution in [3.63, 3.8) is 0 Å². The predicted octanol–water partition coefficient (Wildman–Crippen LogP) is 2.04. The molecule has 1 aliphatic rings. The van der Waals surface area contributed by atoms with Gasteiger partial charge < -0.3 is 20.1 Å². The zero-order chi connectivity index (χ0) is 15.1. The van der Waals surface area contributed by atoms with E-state index in [2.05, 4.69) is 17.6 Å². The lowest BCUT2D eigenvalue weighted by molar-refractivity contribution is -0.120. The standard InChI is InChI=1S/C16H24N2O3/c1-12-11-13(7-8-17-12)16(19)18-14-3-5-15(6-4-14)21-10-9-20-2/h3-6,12-13,17H,7-11H2,1-2H3,(H,18,19). The highest BCUT2D eigenvalue weighted by Gasteiger charge is 2.24. The van der Waals surface area contributed by atoms with Gasteiger partial charge in [0.25, 0.3) is 0 Å². The van der Waals surface area contributed by atoms with Crippen molar-refractivity contribution in [2.45, 2.75) is 25.8 Å². The summed E-state index contributed by atoms with van der Waals surface area (Å²) in [6, 6.07) is 7.85. The van der Waals surface area contributed by atoms with Crippen molar-refractivity contribution < 1.29 is 14.3 Å². The molecule has 1 aliphatic heterocycles. The van der Waals surface area contributed by atoms with E-state index >= 15 is 0 Å². The Morgan fingerprint density at radius 3 is 2.76 bits per heavy atom. The molecule has 0 aromatic heterocycles. The summed E-state index contributed by atoms with van der Waals surface area (Å²) >= 11 is 0. The van der Waals surface area contributed by atoms with E-state index in [1.807, 2.05) is 24.3 Å². The molecule has 1 aromatic rings. The molecule has 0 aliphatic carbocycles. The van der Waals surface area contributed by atoms with Gasteiger partial charge in [-0.3, -0.25) is 4.79 Å². The minimum Gasteiger partial charge on any atom is -0.491 e. The molecule has 1 saturated heterocycles. The van der Waals surface area contributed by atoms with Gasteiger partial charge in [-0.2, -0.15) is 0 Å². The average molecular weight is 292 g/mol. The van der Waals surface area contributed by atoms with Crippen LogP contribution in [0.1, 0.15) is 19.8 Å². The van der Waals surface area contributed by atoms with E-state index in [0.717, 1.165) is 30.8 Å². The van der Waals surface area contributed by atoms with Gasteiger partial charge in [-0.1, -0.05) is 0 Å². The molecule has 2 atom stereocenters. The fraction of sp³-hybridized carbons (Fsp3) is 0.562. The second-order valence-electron chi connectivity index (χ2n) is 5.43. The van der Waals surface area contributed by atoms with E-state index in [1.165, 1.54) is 0 Å². The number of piperidine rings is 1. The van der Waals surface area contributed by atoms with Crippen LogP contribution in [0.15, 0.2) is 24.3 Å². The van der Waals surface area contributed by atoms with Crippen molar-refractivity contribution in [2.24, 2.45) is 5.92 Å². The van der Waals surface area contributed by atoms with Crippen LogP contribution in [0.2, 0.25) is 0 Å². The van der Waals surface area contributed by atoms with Gasteiger partial charge in [0.1, 0.15) is 12.4 Å².